The Morgan fingerprint density at radius 2 is 0.754 bits per heavy atom. The zero-order valence-corrected chi connectivity index (χ0v) is 46.3. The van der Waals surface area contributed by atoms with Crippen molar-refractivity contribution < 1.29 is 24.5 Å². The summed E-state index contributed by atoms with van der Waals surface area (Å²) < 4.78 is 32.1. The molecule has 1 N–H and O–H groups in total. The van der Waals surface area contributed by atoms with E-state index < -0.39 is 5.43 Å². The van der Waals surface area contributed by atoms with Gasteiger partial charge < -0.3 is 29.5 Å². The van der Waals surface area contributed by atoms with Crippen LogP contribution in [0, 0.1) is 0 Å². The number of carbonyl (C=O) groups is 2. The van der Waals surface area contributed by atoms with Gasteiger partial charge in [0.1, 0.15) is 0 Å². The van der Waals surface area contributed by atoms with Crippen LogP contribution < -0.4 is 5.32 Å². The maximum atomic E-state index is 11.4. The van der Waals surface area contributed by atoms with Crippen LogP contribution in [0.3, 0.4) is 0 Å². The minimum Gasteiger partial charge on any atom is -0.454 e. The molecule has 4 saturated heterocycles. The van der Waals surface area contributed by atoms with Gasteiger partial charge in [-0.2, -0.15) is 0 Å². The summed E-state index contributed by atoms with van der Waals surface area (Å²) in [6.07, 6.45) is 9.53. The highest BCUT2D eigenvalue weighted by atomic mass is 35.5. The average Bonchev–Trinajstić information content (AvgIpc) is 3.35. The van der Waals surface area contributed by atoms with Crippen molar-refractivity contribution in [2.24, 2.45) is 0 Å². The van der Waals surface area contributed by atoms with E-state index in [0.29, 0.717) is 13.2 Å². The number of halogens is 1. The van der Waals surface area contributed by atoms with Crippen LogP contribution in [0.15, 0.2) is 44.6 Å². The van der Waals surface area contributed by atoms with Crippen LogP contribution in [0.2, 0.25) is 0 Å². The number of nitrogens with one attached hydrogen (secondary N) is 1. The van der Waals surface area contributed by atoms with Gasteiger partial charge in [0.15, 0.2) is 0 Å². The molecule has 1 amide bonds. The summed E-state index contributed by atoms with van der Waals surface area (Å²) >= 11 is 4.72. The maximum absolute atomic E-state index is 11.4. The molecule has 0 unspecified atom stereocenters. The Balaban J connectivity index is -0.0000000808. The number of rotatable bonds is 2. The molecular formula is C52H113ClN4O4. The van der Waals surface area contributed by atoms with Crippen molar-refractivity contribution in [3.63, 3.8) is 0 Å². The lowest BCUT2D eigenvalue weighted by atomic mass is 10.00. The summed E-state index contributed by atoms with van der Waals surface area (Å²) in [7, 11) is 9.39. The van der Waals surface area contributed by atoms with Gasteiger partial charge in [0.2, 0.25) is 0 Å². The smallest absolute Gasteiger partial charge is 0.409 e. The van der Waals surface area contributed by atoms with E-state index in [-0.39, 0.29) is 6.09 Å². The normalized spacial score (nSPS) is 15.4. The second-order valence-corrected chi connectivity index (χ2v) is 14.4. The Bertz CT molecular complexity index is 1050. The molecule has 4 rings (SSSR count). The Morgan fingerprint density at radius 3 is 0.951 bits per heavy atom. The number of ether oxygens (including phenoxy) is 2. The van der Waals surface area contributed by atoms with Crippen molar-refractivity contribution in [1.29, 1.82) is 0 Å². The second kappa shape index (κ2) is 55.9. The Labute approximate surface area is 396 Å². The van der Waals surface area contributed by atoms with Crippen molar-refractivity contribution in [2.45, 2.75) is 206 Å². The van der Waals surface area contributed by atoms with Crippen LogP contribution in [0.1, 0.15) is 211 Å². The standard InChI is InChI=1S/C11H19NO2.2C9H17N.C8H15N.C3H5ClO2.4C2H6.4CH4/c1-4-14-11(13)12-7-5-10(6-8-12)9(2)3;2*1-8(2)9-4-6-10(3)7-5-9;1-7(2)8-3-5-9-6-4-8;1-2-6-3(4)5;4*1-2;;;;/h4-8H2,1-3H3;2*4-7H2,1-3H3;9H,3-6H2,1-2H3;2H2,1H3;4*1-2H3;4*1H4/i;;;;;;;;;4*1D. The van der Waals surface area contributed by atoms with E-state index in [1.165, 1.54) is 135 Å². The fourth-order valence-corrected chi connectivity index (χ4v) is 5.90. The van der Waals surface area contributed by atoms with E-state index in [9.17, 15) is 9.59 Å². The zero-order chi connectivity index (χ0) is 53.4. The van der Waals surface area contributed by atoms with Crippen molar-refractivity contribution in [3.05, 3.63) is 44.6 Å². The van der Waals surface area contributed by atoms with Gasteiger partial charge >= 0.3 is 11.5 Å². The zero-order valence-electron chi connectivity index (χ0n) is 49.6. The summed E-state index contributed by atoms with van der Waals surface area (Å²) in [6.45, 7) is 46.9. The SMILES string of the molecule is CC.CC.CC.CC.CC(C)=C1CCN(C)CC1.CC(C)=C1CCN(C)CC1.CC(C)=C1CCNCC1.CCOC(=O)Cl.CCOC(=O)N1CCC(=C(C)C)CC1.[2H]C.[2H]C.[2H]C.[2H]C. The van der Waals surface area contributed by atoms with Crippen LogP contribution in [0.4, 0.5) is 9.59 Å². The molecule has 4 heterocycles. The maximum Gasteiger partial charge on any atom is 0.409 e. The lowest BCUT2D eigenvalue weighted by Gasteiger charge is -2.28. The second-order valence-electron chi connectivity index (χ2n) is 14.1. The first-order valence-corrected chi connectivity index (χ1v) is 22.9. The highest BCUT2D eigenvalue weighted by Crippen LogP contribution is 2.21. The quantitative estimate of drug-likeness (QED) is 0.219. The molecule has 0 aliphatic carbocycles. The Hall–Kier alpha value is -2.13. The Kier molecular flexibility index (Phi) is 62.2. The van der Waals surface area contributed by atoms with Gasteiger partial charge in [0.25, 0.3) is 0 Å². The molecule has 0 aromatic carbocycles. The number of allylic oxidation sites excluding steroid dienone is 4. The third kappa shape index (κ3) is 47.2. The van der Waals surface area contributed by atoms with Crippen molar-refractivity contribution >= 4 is 23.1 Å². The van der Waals surface area contributed by atoms with E-state index in [1.807, 2.05) is 62.3 Å². The van der Waals surface area contributed by atoms with Crippen LogP contribution in [-0.2, 0) is 9.47 Å². The van der Waals surface area contributed by atoms with E-state index >= 15 is 0 Å². The molecule has 9 heteroatoms. The molecule has 0 atom stereocenters. The van der Waals surface area contributed by atoms with Crippen LogP contribution >= 0.6 is 11.6 Å². The number of hydrogen-bond donors (Lipinski definition) is 1. The van der Waals surface area contributed by atoms with Gasteiger partial charge in [0, 0.05) is 56.4 Å². The summed E-state index contributed by atoms with van der Waals surface area (Å²) in [5.74, 6) is 0. The van der Waals surface area contributed by atoms with Crippen LogP contribution in [-0.4, -0.2) is 106 Å². The van der Waals surface area contributed by atoms with Gasteiger partial charge in [-0.3, -0.25) is 0 Å². The van der Waals surface area contributed by atoms with Gasteiger partial charge in [-0.1, -0.05) is 130 Å². The van der Waals surface area contributed by atoms with Gasteiger partial charge in [-0.25, -0.2) is 9.59 Å². The Morgan fingerprint density at radius 1 is 0.508 bits per heavy atom. The van der Waals surface area contributed by atoms with Crippen molar-refractivity contribution in [1.82, 2.24) is 20.0 Å². The third-order valence-electron chi connectivity index (χ3n) is 9.37. The third-order valence-corrected chi connectivity index (χ3v) is 9.48. The van der Waals surface area contributed by atoms with Crippen LogP contribution in [0.5, 0.6) is 0 Å². The van der Waals surface area contributed by atoms with Gasteiger partial charge in [-0.15, -0.1) is 0 Å². The van der Waals surface area contributed by atoms with Gasteiger partial charge in [0.05, 0.1) is 13.2 Å². The predicted molar refractivity (Wildman–Crippen MR) is 282 cm³/mol. The van der Waals surface area contributed by atoms with Crippen molar-refractivity contribution in [2.75, 3.05) is 79.7 Å². The first-order chi connectivity index (χ1) is 31.1. The molecule has 0 aromatic rings. The van der Waals surface area contributed by atoms with E-state index in [1.54, 1.807) is 28.5 Å². The minimum absolute atomic E-state index is 0.166. The number of hydrogen-bond acceptors (Lipinski definition) is 7. The monoisotopic (exact) mass is 897 g/mol. The molecule has 0 saturated carbocycles. The lowest BCUT2D eigenvalue weighted by Crippen LogP contribution is -2.36. The number of amides is 1. The molecule has 8 nitrogen and oxygen atoms in total. The van der Waals surface area contributed by atoms with E-state index in [2.05, 4.69) is 89.3 Å². The lowest BCUT2D eigenvalue weighted by molar-refractivity contribution is 0.104. The van der Waals surface area contributed by atoms with Crippen molar-refractivity contribution in [3.8, 4) is 0 Å². The van der Waals surface area contributed by atoms with Crippen LogP contribution in [0.25, 0.3) is 0 Å². The average molecular weight is 898 g/mol. The summed E-state index contributed by atoms with van der Waals surface area (Å²) in [4.78, 5) is 27.5. The summed E-state index contributed by atoms with van der Waals surface area (Å²) in [5, 5.41) is 3.34. The minimum atomic E-state index is -0.738. The molecule has 4 aliphatic heterocycles. The molecular weight excluding hydrogens is 780 g/mol. The molecule has 0 spiro atoms. The largest absolute Gasteiger partial charge is 0.454 e. The molecule has 372 valence electrons. The molecule has 0 bridgehead atoms. The number of piperidine rings is 4. The molecule has 0 aromatic heterocycles. The van der Waals surface area contributed by atoms with Gasteiger partial charge in [-0.05, 0) is 148 Å². The fourth-order valence-electron chi connectivity index (χ4n) is 5.79. The predicted octanol–water partition coefficient (Wildman–Crippen LogP) is 16.4. The number of nitrogens with zero attached hydrogens (tertiary/aromatic N) is 3. The summed E-state index contributed by atoms with van der Waals surface area (Å²) in [6, 6.07) is 0. The number of likely N-dealkylation sites (tertiary alicyclic amines) is 3. The molecule has 4 aliphatic rings. The number of carbonyl (C=O) groups excluding carboxylic acids is 2. The first kappa shape index (κ1) is 67.9. The topological polar surface area (TPSA) is 74.4 Å². The van der Waals surface area contributed by atoms with E-state index in [4.69, 9.17) is 21.8 Å². The van der Waals surface area contributed by atoms with E-state index in [0.717, 1.165) is 25.9 Å². The first-order valence-electron chi connectivity index (χ1n) is 26.5. The fraction of sp³-hybridized carbons (Fsp3) is 0.808. The highest BCUT2D eigenvalue weighted by Gasteiger charge is 2.20. The molecule has 4 fully saturated rings. The highest BCUT2D eigenvalue weighted by molar-refractivity contribution is 6.61. The molecule has 0 radical (unpaired) electrons. The molecule has 61 heavy (non-hydrogen) atoms. The summed E-state index contributed by atoms with van der Waals surface area (Å²) in [5.41, 5.74) is 11.8.